The Labute approximate surface area is 346 Å². The second-order valence-corrected chi connectivity index (χ2v) is 14.9. The van der Waals surface area contributed by atoms with Crippen LogP contribution in [0.2, 0.25) is 0 Å². The molecule has 0 saturated heterocycles. The molecule has 0 heterocycles. The van der Waals surface area contributed by atoms with Crippen LogP contribution >= 0.6 is 0 Å². The van der Waals surface area contributed by atoms with Gasteiger partial charge in [-0.15, -0.1) is 0 Å². The van der Waals surface area contributed by atoms with Crippen molar-refractivity contribution in [3.63, 3.8) is 0 Å². The fourth-order valence-corrected chi connectivity index (χ4v) is 8.37. The molecule has 278 valence electrons. The van der Waals surface area contributed by atoms with Crippen LogP contribution in [0.1, 0.15) is 0 Å². The molecule has 0 aliphatic rings. The predicted molar refractivity (Wildman–Crippen MR) is 251 cm³/mol. The van der Waals surface area contributed by atoms with Crippen molar-refractivity contribution in [2.24, 2.45) is 0 Å². The highest BCUT2D eigenvalue weighted by atomic mass is 15.1. The van der Waals surface area contributed by atoms with Gasteiger partial charge in [-0.1, -0.05) is 206 Å². The molecule has 1 heteroatoms. The van der Waals surface area contributed by atoms with Crippen LogP contribution < -0.4 is 4.90 Å². The summed E-state index contributed by atoms with van der Waals surface area (Å²) in [6.45, 7) is 0. The minimum absolute atomic E-state index is 1.09. The molecule has 0 bridgehead atoms. The fraction of sp³-hybridized carbons (Fsp3) is 0. The number of hydrogen-bond acceptors (Lipinski definition) is 1. The van der Waals surface area contributed by atoms with Gasteiger partial charge in [-0.05, 0) is 120 Å². The van der Waals surface area contributed by atoms with Crippen molar-refractivity contribution in [1.29, 1.82) is 0 Å². The van der Waals surface area contributed by atoms with Gasteiger partial charge in [0.15, 0.2) is 0 Å². The van der Waals surface area contributed by atoms with E-state index in [1.54, 1.807) is 0 Å². The largest absolute Gasteiger partial charge is 0.310 e. The SMILES string of the molecule is c1ccc(-c2cccc(N(c3ccc(-c4ccc(-c5ccccc5)c(-c5ccccc5)c4)cc3)c3ccc(-c4ccc5ccccc5c4-c4ccccc4)cc3)c2)cc1. The molecule has 0 aliphatic carbocycles. The average molecular weight is 752 g/mol. The molecule has 0 atom stereocenters. The predicted octanol–water partition coefficient (Wildman–Crippen LogP) is 16.3. The Bertz CT molecular complexity index is 2990. The zero-order valence-electron chi connectivity index (χ0n) is 32.6. The van der Waals surface area contributed by atoms with Crippen molar-refractivity contribution < 1.29 is 0 Å². The topological polar surface area (TPSA) is 3.24 Å². The van der Waals surface area contributed by atoms with Gasteiger partial charge in [0.1, 0.15) is 0 Å². The number of anilines is 3. The number of benzene rings is 10. The van der Waals surface area contributed by atoms with Crippen molar-refractivity contribution in [1.82, 2.24) is 0 Å². The second-order valence-electron chi connectivity index (χ2n) is 14.9. The molecular weight excluding hydrogens is 711 g/mol. The number of nitrogens with zero attached hydrogens (tertiary/aromatic N) is 1. The Morgan fingerprint density at radius 1 is 0.220 bits per heavy atom. The Morgan fingerprint density at radius 2 is 0.661 bits per heavy atom. The van der Waals surface area contributed by atoms with E-state index in [-0.39, 0.29) is 0 Å². The summed E-state index contributed by atoms with van der Waals surface area (Å²) in [5.74, 6) is 0. The van der Waals surface area contributed by atoms with Gasteiger partial charge in [0, 0.05) is 17.1 Å². The molecule has 0 aromatic heterocycles. The normalized spacial score (nSPS) is 11.1. The standard InChI is InChI=1S/C58H41N/c1-5-16-42(17-6-1)49-25-15-26-53(40-49)59(52-36-30-47(31-37-52)56-39-32-46-22-13-14-27-55(46)58(56)48-23-11-4-12-24-48)51-34-28-43(29-35-51)50-33-38-54(44-18-7-2-8-19-44)57(41-50)45-20-9-3-10-21-45/h1-41H. The lowest BCUT2D eigenvalue weighted by Gasteiger charge is -2.26. The summed E-state index contributed by atoms with van der Waals surface area (Å²) in [5, 5.41) is 2.49. The third-order valence-corrected chi connectivity index (χ3v) is 11.3. The maximum Gasteiger partial charge on any atom is 0.0467 e. The van der Waals surface area contributed by atoms with Gasteiger partial charge in [0.2, 0.25) is 0 Å². The fourth-order valence-electron chi connectivity index (χ4n) is 8.37. The zero-order valence-corrected chi connectivity index (χ0v) is 32.6. The van der Waals surface area contributed by atoms with E-state index >= 15 is 0 Å². The number of fused-ring (bicyclic) bond motifs is 1. The Kier molecular flexibility index (Phi) is 9.68. The van der Waals surface area contributed by atoms with Gasteiger partial charge < -0.3 is 4.90 Å². The first-order valence-corrected chi connectivity index (χ1v) is 20.3. The Morgan fingerprint density at radius 3 is 1.31 bits per heavy atom. The third-order valence-electron chi connectivity index (χ3n) is 11.3. The van der Waals surface area contributed by atoms with Crippen LogP contribution in [0.4, 0.5) is 17.1 Å². The van der Waals surface area contributed by atoms with E-state index in [1.807, 2.05) is 0 Å². The molecule has 0 N–H and O–H groups in total. The molecule has 0 aliphatic heterocycles. The first kappa shape index (κ1) is 35.7. The summed E-state index contributed by atoms with van der Waals surface area (Å²) in [5.41, 5.74) is 17.7. The third kappa shape index (κ3) is 7.23. The maximum absolute atomic E-state index is 2.37. The van der Waals surface area contributed by atoms with Crippen LogP contribution in [0, 0.1) is 0 Å². The van der Waals surface area contributed by atoms with Crippen molar-refractivity contribution in [3.05, 3.63) is 249 Å². The molecule has 0 unspecified atom stereocenters. The van der Waals surface area contributed by atoms with Crippen molar-refractivity contribution in [3.8, 4) is 66.8 Å². The minimum atomic E-state index is 1.09. The van der Waals surface area contributed by atoms with Crippen LogP contribution in [0.15, 0.2) is 249 Å². The van der Waals surface area contributed by atoms with E-state index in [2.05, 4.69) is 254 Å². The Hall–Kier alpha value is -7.74. The maximum atomic E-state index is 2.37. The molecule has 0 radical (unpaired) electrons. The molecule has 10 rings (SSSR count). The molecule has 10 aromatic carbocycles. The average Bonchev–Trinajstić information content (AvgIpc) is 3.33. The molecule has 10 aromatic rings. The van der Waals surface area contributed by atoms with Gasteiger partial charge >= 0.3 is 0 Å². The van der Waals surface area contributed by atoms with E-state index in [1.165, 1.54) is 77.5 Å². The van der Waals surface area contributed by atoms with Gasteiger partial charge in [0.25, 0.3) is 0 Å². The Balaban J connectivity index is 1.06. The van der Waals surface area contributed by atoms with Crippen LogP contribution in [-0.2, 0) is 0 Å². The van der Waals surface area contributed by atoms with Gasteiger partial charge in [0.05, 0.1) is 0 Å². The van der Waals surface area contributed by atoms with E-state index < -0.39 is 0 Å². The highest BCUT2D eigenvalue weighted by molar-refractivity contribution is 6.04. The van der Waals surface area contributed by atoms with E-state index in [0.29, 0.717) is 0 Å². The molecule has 0 amide bonds. The summed E-state index contributed by atoms with van der Waals surface area (Å²) in [6.07, 6.45) is 0. The van der Waals surface area contributed by atoms with E-state index in [0.717, 1.165) is 17.1 Å². The van der Waals surface area contributed by atoms with Crippen molar-refractivity contribution in [2.75, 3.05) is 4.90 Å². The molecule has 1 nitrogen and oxygen atoms in total. The van der Waals surface area contributed by atoms with Crippen LogP contribution in [-0.4, -0.2) is 0 Å². The number of rotatable bonds is 9. The lowest BCUT2D eigenvalue weighted by atomic mass is 9.89. The lowest BCUT2D eigenvalue weighted by Crippen LogP contribution is -2.10. The number of hydrogen-bond donors (Lipinski definition) is 0. The van der Waals surface area contributed by atoms with Gasteiger partial charge in [-0.25, -0.2) is 0 Å². The quantitative estimate of drug-likeness (QED) is 0.142. The molecule has 0 spiro atoms. The van der Waals surface area contributed by atoms with Crippen LogP contribution in [0.5, 0.6) is 0 Å². The zero-order chi connectivity index (χ0) is 39.4. The van der Waals surface area contributed by atoms with Gasteiger partial charge in [-0.2, -0.15) is 0 Å². The first-order chi connectivity index (χ1) is 29.3. The first-order valence-electron chi connectivity index (χ1n) is 20.3. The molecular formula is C58H41N. The molecule has 59 heavy (non-hydrogen) atoms. The summed E-state index contributed by atoms with van der Waals surface area (Å²) >= 11 is 0. The highest BCUT2D eigenvalue weighted by Gasteiger charge is 2.17. The summed E-state index contributed by atoms with van der Waals surface area (Å²) < 4.78 is 0. The van der Waals surface area contributed by atoms with Crippen molar-refractivity contribution in [2.45, 2.75) is 0 Å². The summed E-state index contributed by atoms with van der Waals surface area (Å²) in [7, 11) is 0. The molecule has 0 fully saturated rings. The monoisotopic (exact) mass is 751 g/mol. The summed E-state index contributed by atoms with van der Waals surface area (Å²) in [6, 6.07) is 89.7. The van der Waals surface area contributed by atoms with Gasteiger partial charge in [-0.3, -0.25) is 0 Å². The lowest BCUT2D eigenvalue weighted by molar-refractivity contribution is 1.28. The second kappa shape index (κ2) is 16.0. The van der Waals surface area contributed by atoms with Crippen molar-refractivity contribution >= 4 is 27.8 Å². The highest BCUT2D eigenvalue weighted by Crippen LogP contribution is 2.42. The smallest absolute Gasteiger partial charge is 0.0467 e. The van der Waals surface area contributed by atoms with Crippen LogP contribution in [0.3, 0.4) is 0 Å². The van der Waals surface area contributed by atoms with Crippen LogP contribution in [0.25, 0.3) is 77.5 Å². The molecule has 0 saturated carbocycles. The minimum Gasteiger partial charge on any atom is -0.310 e. The summed E-state index contributed by atoms with van der Waals surface area (Å²) in [4.78, 5) is 2.37. The van der Waals surface area contributed by atoms with E-state index in [9.17, 15) is 0 Å². The van der Waals surface area contributed by atoms with E-state index in [4.69, 9.17) is 0 Å².